The second-order valence-electron chi connectivity index (χ2n) is 3.70. The van der Waals surface area contributed by atoms with E-state index in [1.165, 1.54) is 0 Å². The van der Waals surface area contributed by atoms with Crippen LogP contribution in [0.25, 0.3) is 0 Å². The van der Waals surface area contributed by atoms with E-state index in [0.29, 0.717) is 11.1 Å². The molecular formula is C12H12BrNO2. The van der Waals surface area contributed by atoms with Crippen LogP contribution in [0.4, 0.5) is 0 Å². The van der Waals surface area contributed by atoms with Gasteiger partial charge in [0, 0.05) is 23.9 Å². The molecule has 0 fully saturated rings. The van der Waals surface area contributed by atoms with Gasteiger partial charge in [-0.15, -0.1) is 0 Å². The molecule has 1 unspecified atom stereocenters. The maximum absolute atomic E-state index is 9.98. The molecular weight excluding hydrogens is 270 g/mol. The van der Waals surface area contributed by atoms with Gasteiger partial charge in [0.1, 0.15) is 0 Å². The summed E-state index contributed by atoms with van der Waals surface area (Å²) in [7, 11) is 0. The summed E-state index contributed by atoms with van der Waals surface area (Å²) in [5, 5.41) is 9.98. The average Bonchev–Trinajstić information content (AvgIpc) is 2.68. The highest BCUT2D eigenvalue weighted by Crippen LogP contribution is 2.26. The molecule has 2 aromatic heterocycles. The Hall–Kier alpha value is -1.13. The van der Waals surface area contributed by atoms with Gasteiger partial charge in [0.25, 0.3) is 0 Å². The van der Waals surface area contributed by atoms with E-state index in [1.54, 1.807) is 18.5 Å². The van der Waals surface area contributed by atoms with Gasteiger partial charge in [-0.2, -0.15) is 0 Å². The van der Waals surface area contributed by atoms with E-state index < -0.39 is 6.10 Å². The molecule has 84 valence electrons. The Balaban J connectivity index is 2.10. The average molecular weight is 282 g/mol. The first kappa shape index (κ1) is 11.4. The van der Waals surface area contributed by atoms with Crippen molar-refractivity contribution >= 4 is 15.9 Å². The standard InChI is InChI=1S/C12H12BrNO2/c1-8-2-3-9(14-7-8)6-11(15)10-4-5-16-12(10)13/h2-5,7,11,15H,6H2,1H3. The molecule has 4 heteroatoms. The maximum Gasteiger partial charge on any atom is 0.174 e. The first-order chi connectivity index (χ1) is 7.66. The van der Waals surface area contributed by atoms with Crippen LogP contribution in [-0.2, 0) is 6.42 Å². The lowest BCUT2D eigenvalue weighted by atomic mass is 10.1. The van der Waals surface area contributed by atoms with Crippen LogP contribution in [0.3, 0.4) is 0 Å². The Kier molecular flexibility index (Phi) is 3.41. The predicted octanol–water partition coefficient (Wildman–Crippen LogP) is 3.02. The number of halogens is 1. The number of aliphatic hydroxyl groups excluding tert-OH is 1. The molecule has 0 aliphatic heterocycles. The number of furan rings is 1. The third-order valence-electron chi connectivity index (χ3n) is 2.38. The van der Waals surface area contributed by atoms with Gasteiger partial charge in [0.05, 0.1) is 12.4 Å². The van der Waals surface area contributed by atoms with Gasteiger partial charge in [0.15, 0.2) is 4.67 Å². The van der Waals surface area contributed by atoms with E-state index in [0.717, 1.165) is 16.8 Å². The maximum atomic E-state index is 9.98. The molecule has 0 aliphatic carbocycles. The van der Waals surface area contributed by atoms with Crippen molar-refractivity contribution < 1.29 is 9.52 Å². The van der Waals surface area contributed by atoms with Crippen LogP contribution < -0.4 is 0 Å². The summed E-state index contributed by atoms with van der Waals surface area (Å²) in [6.07, 6.45) is 3.24. The quantitative estimate of drug-likeness (QED) is 0.941. The predicted molar refractivity (Wildman–Crippen MR) is 64.0 cm³/mol. The highest BCUT2D eigenvalue weighted by Gasteiger charge is 2.14. The third kappa shape index (κ3) is 2.51. The van der Waals surface area contributed by atoms with E-state index in [4.69, 9.17) is 4.42 Å². The van der Waals surface area contributed by atoms with Gasteiger partial charge >= 0.3 is 0 Å². The van der Waals surface area contributed by atoms with Crippen molar-refractivity contribution in [3.8, 4) is 0 Å². The van der Waals surface area contributed by atoms with Crippen LogP contribution in [0.2, 0.25) is 0 Å². The Morgan fingerprint density at radius 1 is 1.44 bits per heavy atom. The van der Waals surface area contributed by atoms with E-state index in [1.807, 2.05) is 19.1 Å². The minimum atomic E-state index is -0.594. The molecule has 0 saturated carbocycles. The monoisotopic (exact) mass is 281 g/mol. The number of hydrogen-bond donors (Lipinski definition) is 1. The van der Waals surface area contributed by atoms with E-state index in [9.17, 15) is 5.11 Å². The Labute approximate surface area is 102 Å². The molecule has 16 heavy (non-hydrogen) atoms. The van der Waals surface area contributed by atoms with Crippen LogP contribution >= 0.6 is 15.9 Å². The highest BCUT2D eigenvalue weighted by atomic mass is 79.9. The van der Waals surface area contributed by atoms with Gasteiger partial charge in [-0.1, -0.05) is 6.07 Å². The summed E-state index contributed by atoms with van der Waals surface area (Å²) < 4.78 is 5.65. The number of aromatic nitrogens is 1. The largest absolute Gasteiger partial charge is 0.457 e. The summed E-state index contributed by atoms with van der Waals surface area (Å²) >= 11 is 3.24. The lowest BCUT2D eigenvalue weighted by Gasteiger charge is -2.08. The molecule has 1 N–H and O–H groups in total. The van der Waals surface area contributed by atoms with Crippen molar-refractivity contribution in [3.05, 3.63) is 52.1 Å². The lowest BCUT2D eigenvalue weighted by Crippen LogP contribution is -2.02. The van der Waals surface area contributed by atoms with Gasteiger partial charge in [-0.3, -0.25) is 4.98 Å². The normalized spacial score (nSPS) is 12.7. The van der Waals surface area contributed by atoms with Crippen molar-refractivity contribution in [2.45, 2.75) is 19.4 Å². The van der Waals surface area contributed by atoms with Gasteiger partial charge in [-0.05, 0) is 40.5 Å². The molecule has 2 aromatic rings. The van der Waals surface area contributed by atoms with Crippen LogP contribution in [0, 0.1) is 6.92 Å². The fraction of sp³-hybridized carbons (Fsp3) is 0.250. The molecule has 0 saturated heterocycles. The molecule has 0 bridgehead atoms. The van der Waals surface area contributed by atoms with Gasteiger partial charge in [-0.25, -0.2) is 0 Å². The molecule has 0 amide bonds. The summed E-state index contributed by atoms with van der Waals surface area (Å²) in [5.74, 6) is 0. The van der Waals surface area contributed by atoms with Crippen molar-refractivity contribution in [2.24, 2.45) is 0 Å². The van der Waals surface area contributed by atoms with Crippen molar-refractivity contribution in [2.75, 3.05) is 0 Å². The molecule has 0 spiro atoms. The SMILES string of the molecule is Cc1ccc(CC(O)c2ccoc2Br)nc1. The fourth-order valence-corrected chi connectivity index (χ4v) is 1.97. The molecule has 1 atom stereocenters. The molecule has 2 heterocycles. The van der Waals surface area contributed by atoms with Crippen LogP contribution in [0.15, 0.2) is 39.7 Å². The first-order valence-electron chi connectivity index (χ1n) is 4.99. The zero-order valence-corrected chi connectivity index (χ0v) is 10.4. The number of aryl methyl sites for hydroxylation is 1. The summed E-state index contributed by atoms with van der Waals surface area (Å²) in [6.45, 7) is 1.99. The minimum Gasteiger partial charge on any atom is -0.457 e. The zero-order chi connectivity index (χ0) is 11.5. The molecule has 3 nitrogen and oxygen atoms in total. The van der Waals surface area contributed by atoms with Gasteiger partial charge in [0.2, 0.25) is 0 Å². The second kappa shape index (κ2) is 4.80. The highest BCUT2D eigenvalue weighted by molar-refractivity contribution is 9.10. The third-order valence-corrected chi connectivity index (χ3v) is 3.02. The Morgan fingerprint density at radius 3 is 2.81 bits per heavy atom. The molecule has 0 aromatic carbocycles. The van der Waals surface area contributed by atoms with Crippen LogP contribution in [-0.4, -0.2) is 10.1 Å². The van der Waals surface area contributed by atoms with E-state index >= 15 is 0 Å². The number of pyridine rings is 1. The van der Waals surface area contributed by atoms with Gasteiger partial charge < -0.3 is 9.52 Å². The summed E-state index contributed by atoms with van der Waals surface area (Å²) in [4.78, 5) is 4.25. The summed E-state index contributed by atoms with van der Waals surface area (Å²) in [6, 6.07) is 5.66. The number of nitrogens with zero attached hydrogens (tertiary/aromatic N) is 1. The van der Waals surface area contributed by atoms with Crippen LogP contribution in [0.1, 0.15) is 22.9 Å². The first-order valence-corrected chi connectivity index (χ1v) is 5.78. The van der Waals surface area contributed by atoms with Crippen molar-refractivity contribution in [3.63, 3.8) is 0 Å². The number of aliphatic hydroxyl groups is 1. The number of hydrogen-bond acceptors (Lipinski definition) is 3. The van der Waals surface area contributed by atoms with Crippen molar-refractivity contribution in [1.82, 2.24) is 4.98 Å². The van der Waals surface area contributed by atoms with Crippen LogP contribution in [0.5, 0.6) is 0 Å². The van der Waals surface area contributed by atoms with E-state index in [-0.39, 0.29) is 0 Å². The fourth-order valence-electron chi connectivity index (χ4n) is 1.47. The molecule has 0 aliphatic rings. The van der Waals surface area contributed by atoms with Crippen molar-refractivity contribution in [1.29, 1.82) is 0 Å². The second-order valence-corrected chi connectivity index (χ2v) is 4.42. The van der Waals surface area contributed by atoms with E-state index in [2.05, 4.69) is 20.9 Å². The zero-order valence-electron chi connectivity index (χ0n) is 8.85. The molecule has 2 rings (SSSR count). The Morgan fingerprint density at radius 2 is 2.25 bits per heavy atom. The smallest absolute Gasteiger partial charge is 0.174 e. The Bertz CT molecular complexity index is 464. The minimum absolute atomic E-state index is 0.485. The topological polar surface area (TPSA) is 46.3 Å². The number of rotatable bonds is 3. The molecule has 0 radical (unpaired) electrons. The lowest BCUT2D eigenvalue weighted by molar-refractivity contribution is 0.175. The summed E-state index contributed by atoms with van der Waals surface area (Å²) in [5.41, 5.74) is 2.73.